The summed E-state index contributed by atoms with van der Waals surface area (Å²) in [7, 11) is 0. The molecule has 0 radical (unpaired) electrons. The molecule has 124 valence electrons. The predicted molar refractivity (Wildman–Crippen MR) is 104 cm³/mol. The first-order valence-electron chi connectivity index (χ1n) is 6.92. The van der Waals surface area contributed by atoms with Gasteiger partial charge in [0.05, 0.1) is 0 Å². The van der Waals surface area contributed by atoms with Gasteiger partial charge in [0, 0.05) is 24.2 Å². The molecule has 0 aromatic carbocycles. The van der Waals surface area contributed by atoms with E-state index in [9.17, 15) is 0 Å². The van der Waals surface area contributed by atoms with Gasteiger partial charge >= 0.3 is 17.4 Å². The minimum atomic E-state index is 0. The van der Waals surface area contributed by atoms with Crippen molar-refractivity contribution in [1.82, 2.24) is 9.80 Å². The summed E-state index contributed by atoms with van der Waals surface area (Å²) >= 11 is 19.6. The summed E-state index contributed by atoms with van der Waals surface area (Å²) in [5.74, 6) is 0. The van der Waals surface area contributed by atoms with Gasteiger partial charge in [-0.05, 0) is 55.4 Å². The summed E-state index contributed by atoms with van der Waals surface area (Å²) in [6.45, 7) is 16.8. The third-order valence-electron chi connectivity index (χ3n) is 2.65. The maximum absolute atomic E-state index is 4.91. The maximum Gasteiger partial charge on any atom is 2.00 e. The zero-order valence-corrected chi connectivity index (χ0v) is 18.8. The van der Waals surface area contributed by atoms with Crippen molar-refractivity contribution in [2.75, 3.05) is 0 Å². The average molecular weight is 405 g/mol. The van der Waals surface area contributed by atoms with Crippen LogP contribution in [-0.2, 0) is 42.6 Å². The van der Waals surface area contributed by atoms with Gasteiger partial charge in [-0.25, -0.2) is 0 Å². The molecule has 0 rings (SSSR count). The summed E-state index contributed by atoms with van der Waals surface area (Å²) in [5, 5.41) is 0. The molecular weight excluding hydrogens is 376 g/mol. The topological polar surface area (TPSA) is 6.48 Å². The van der Waals surface area contributed by atoms with Gasteiger partial charge in [0.25, 0.3) is 0 Å². The number of thiocarbonyl (C=S) groups is 2. The summed E-state index contributed by atoms with van der Waals surface area (Å²) in [5.41, 5.74) is 0. The van der Waals surface area contributed by atoms with Crippen molar-refractivity contribution in [3.8, 4) is 0 Å². The van der Waals surface area contributed by atoms with Gasteiger partial charge in [-0.1, -0.05) is 8.64 Å². The van der Waals surface area contributed by atoms with Crippen molar-refractivity contribution < 1.29 is 17.4 Å². The molecule has 0 aromatic rings. The first-order valence-corrected chi connectivity index (χ1v) is 8.55. The fraction of sp³-hybridized carbons (Fsp3) is 0.857. The molecule has 0 aliphatic carbocycles. The van der Waals surface area contributed by atoms with Crippen LogP contribution in [0, 0.1) is 0 Å². The number of nitrogens with zero attached hydrogens (tertiary/aromatic N) is 2. The summed E-state index contributed by atoms with van der Waals surface area (Å²) in [4.78, 5) is 4.09. The van der Waals surface area contributed by atoms with Gasteiger partial charge in [0.15, 0.2) is 0 Å². The Bertz CT molecular complexity index is 261. The van der Waals surface area contributed by atoms with Crippen LogP contribution in [0.3, 0.4) is 0 Å². The van der Waals surface area contributed by atoms with Crippen LogP contribution in [0.5, 0.6) is 0 Å². The Kier molecular flexibility index (Phi) is 16.8. The fourth-order valence-corrected chi connectivity index (χ4v) is 3.72. The van der Waals surface area contributed by atoms with Crippen LogP contribution >= 0.6 is 24.4 Å². The van der Waals surface area contributed by atoms with Crippen molar-refractivity contribution in [1.29, 1.82) is 0 Å². The second-order valence-electron chi connectivity index (χ2n) is 5.72. The zero-order valence-electron chi connectivity index (χ0n) is 14.2. The minimum absolute atomic E-state index is 0. The Balaban J connectivity index is -0.000000295. The van der Waals surface area contributed by atoms with E-state index in [-0.39, 0.29) is 17.4 Å². The first-order chi connectivity index (χ1) is 8.93. The smallest absolute Gasteiger partial charge is 0.411 e. The molecule has 0 saturated carbocycles. The summed E-state index contributed by atoms with van der Waals surface area (Å²) in [6.07, 6.45) is 0. The SMILES string of the molecule is CC(C)N(C(=S)[S-])C(C)C.CC(C)N(C(=S)[S-])C(C)C.[Cr+2]. The second-order valence-corrected chi connectivity index (χ2v) is 7.78. The van der Waals surface area contributed by atoms with Crippen LogP contribution in [0.4, 0.5) is 0 Å². The van der Waals surface area contributed by atoms with E-state index >= 15 is 0 Å². The Morgan fingerprint density at radius 2 is 0.762 bits per heavy atom. The quantitative estimate of drug-likeness (QED) is 0.515. The molecule has 0 aliphatic rings. The third-order valence-corrected chi connectivity index (χ3v) is 3.49. The van der Waals surface area contributed by atoms with Crippen molar-refractivity contribution in [3.63, 3.8) is 0 Å². The van der Waals surface area contributed by atoms with Crippen LogP contribution in [-0.4, -0.2) is 42.6 Å². The average Bonchev–Trinajstić information content (AvgIpc) is 2.12. The molecule has 2 nitrogen and oxygen atoms in total. The van der Waals surface area contributed by atoms with Gasteiger partial charge in [0.2, 0.25) is 0 Å². The van der Waals surface area contributed by atoms with E-state index in [0.717, 1.165) is 0 Å². The molecule has 21 heavy (non-hydrogen) atoms. The first kappa shape index (κ1) is 26.6. The Morgan fingerprint density at radius 1 is 0.619 bits per heavy atom. The minimum Gasteiger partial charge on any atom is -0.411 e. The van der Waals surface area contributed by atoms with E-state index in [1.54, 1.807) is 0 Å². The predicted octanol–water partition coefficient (Wildman–Crippen LogP) is 3.87. The van der Waals surface area contributed by atoms with Crippen molar-refractivity contribution in [3.05, 3.63) is 0 Å². The van der Waals surface area contributed by atoms with Crippen LogP contribution in [0.1, 0.15) is 55.4 Å². The van der Waals surface area contributed by atoms with Crippen LogP contribution in [0.2, 0.25) is 0 Å². The van der Waals surface area contributed by atoms with E-state index in [2.05, 4.69) is 55.4 Å². The Morgan fingerprint density at radius 3 is 0.762 bits per heavy atom. The third kappa shape index (κ3) is 11.9. The van der Waals surface area contributed by atoms with Gasteiger partial charge in [0.1, 0.15) is 0 Å². The summed E-state index contributed by atoms with van der Waals surface area (Å²) < 4.78 is 1.15. The molecule has 0 unspecified atom stereocenters. The van der Waals surface area contributed by atoms with Crippen molar-refractivity contribution >= 4 is 58.3 Å². The van der Waals surface area contributed by atoms with Crippen LogP contribution < -0.4 is 0 Å². The van der Waals surface area contributed by atoms with Crippen LogP contribution in [0.25, 0.3) is 0 Å². The second kappa shape index (κ2) is 13.2. The van der Waals surface area contributed by atoms with Gasteiger partial charge in [-0.3, -0.25) is 0 Å². The van der Waals surface area contributed by atoms with Crippen LogP contribution in [0.15, 0.2) is 0 Å². The molecule has 0 aliphatic heterocycles. The van der Waals surface area contributed by atoms with E-state index in [4.69, 9.17) is 49.7 Å². The Labute approximate surface area is 164 Å². The molecule has 0 spiro atoms. The Hall–Kier alpha value is 0.752. The van der Waals surface area contributed by atoms with E-state index in [1.807, 2.05) is 9.80 Å². The summed E-state index contributed by atoms with van der Waals surface area (Å²) in [6, 6.07) is 1.69. The number of hydrogen-bond acceptors (Lipinski definition) is 4. The number of rotatable bonds is 4. The fourth-order valence-electron chi connectivity index (χ4n) is 2.04. The molecule has 0 heterocycles. The standard InChI is InChI=1S/2C7H15NS2.Cr/c2*1-5(2)8(6(3)4)7(9)10;/h2*5-6H,1-4H3,(H,9,10);/q;;+2/p-2. The van der Waals surface area contributed by atoms with Gasteiger partial charge in [-0.2, -0.15) is 0 Å². The van der Waals surface area contributed by atoms with E-state index < -0.39 is 0 Å². The molecule has 0 fully saturated rings. The largest absolute Gasteiger partial charge is 2.00 e. The van der Waals surface area contributed by atoms with Crippen molar-refractivity contribution in [2.45, 2.75) is 79.6 Å². The molecule has 0 atom stereocenters. The van der Waals surface area contributed by atoms with Gasteiger partial charge < -0.3 is 59.5 Å². The van der Waals surface area contributed by atoms with E-state index in [1.165, 1.54) is 0 Å². The molecule has 0 saturated heterocycles. The molecule has 7 heteroatoms. The molecule has 0 amide bonds. The molecule has 0 N–H and O–H groups in total. The maximum atomic E-state index is 4.91. The van der Waals surface area contributed by atoms with Gasteiger partial charge in [-0.15, -0.1) is 0 Å². The molecule has 0 aromatic heterocycles. The molecular formula is C14H28CrN2S4. The number of hydrogen-bond donors (Lipinski definition) is 0. The zero-order chi connectivity index (χ0) is 16.6. The van der Waals surface area contributed by atoms with Crippen molar-refractivity contribution in [2.24, 2.45) is 0 Å². The normalized spacial score (nSPS) is 10.1. The molecule has 0 bridgehead atoms. The van der Waals surface area contributed by atoms with E-state index in [0.29, 0.717) is 32.8 Å². The monoisotopic (exact) mass is 404 g/mol.